The number of carbonyl (C=O) groups excluding carboxylic acids is 1. The van der Waals surface area contributed by atoms with Gasteiger partial charge in [0.2, 0.25) is 5.95 Å². The Morgan fingerprint density at radius 3 is 2.72 bits per heavy atom. The number of nitrogens with zero attached hydrogens (tertiary/aromatic N) is 2. The Morgan fingerprint density at radius 2 is 2.00 bits per heavy atom. The molecule has 2 rings (SSSR count). The Kier molecular flexibility index (Phi) is 6.97. The van der Waals surface area contributed by atoms with Gasteiger partial charge in [-0.05, 0) is 24.6 Å². The molecule has 1 heterocycles. The first-order chi connectivity index (χ1) is 12.2. The molecule has 0 unspecified atom stereocenters. The van der Waals surface area contributed by atoms with Crippen LogP contribution in [0.1, 0.15) is 16.9 Å². The minimum Gasteiger partial charge on any atom is -0.497 e. The first-order valence-corrected chi connectivity index (χ1v) is 7.77. The highest BCUT2D eigenvalue weighted by Crippen LogP contribution is 2.30. The number of rotatable bonds is 9. The van der Waals surface area contributed by atoms with Crippen LogP contribution in [0.3, 0.4) is 0 Å². The number of amides is 1. The third-order valence-corrected chi connectivity index (χ3v) is 3.35. The average molecular weight is 346 g/mol. The van der Waals surface area contributed by atoms with Gasteiger partial charge in [-0.1, -0.05) is 0 Å². The zero-order valence-corrected chi connectivity index (χ0v) is 14.5. The summed E-state index contributed by atoms with van der Waals surface area (Å²) in [4.78, 5) is 20.5. The molecule has 2 aromatic rings. The maximum atomic E-state index is 12.1. The van der Waals surface area contributed by atoms with Crippen LogP contribution in [0.15, 0.2) is 30.5 Å². The van der Waals surface area contributed by atoms with Crippen LogP contribution >= 0.6 is 0 Å². The summed E-state index contributed by atoms with van der Waals surface area (Å²) >= 11 is 0. The largest absolute Gasteiger partial charge is 0.497 e. The minimum atomic E-state index is -0.261. The third-order valence-electron chi connectivity index (χ3n) is 3.35. The molecule has 0 saturated heterocycles. The van der Waals surface area contributed by atoms with Gasteiger partial charge < -0.3 is 24.8 Å². The molecule has 0 atom stereocenters. The lowest BCUT2D eigenvalue weighted by atomic mass is 10.2. The summed E-state index contributed by atoms with van der Waals surface area (Å²) < 4.78 is 15.4. The van der Waals surface area contributed by atoms with E-state index < -0.39 is 0 Å². The van der Waals surface area contributed by atoms with Gasteiger partial charge in [0, 0.05) is 32.5 Å². The molecule has 8 heteroatoms. The molecular formula is C17H22N4O4. The SMILES string of the molecule is COCCCNC(=O)c1ccnc(Nc2ccc(OC)cc2OC)n1. The Hall–Kier alpha value is -2.87. The van der Waals surface area contributed by atoms with Crippen molar-refractivity contribution in [3.63, 3.8) is 0 Å². The molecule has 0 aliphatic heterocycles. The molecule has 0 aliphatic rings. The van der Waals surface area contributed by atoms with Gasteiger partial charge in [0.05, 0.1) is 19.9 Å². The van der Waals surface area contributed by atoms with Crippen molar-refractivity contribution >= 4 is 17.5 Å². The zero-order valence-electron chi connectivity index (χ0n) is 14.5. The van der Waals surface area contributed by atoms with Gasteiger partial charge in [0.1, 0.15) is 17.2 Å². The van der Waals surface area contributed by atoms with Crippen LogP contribution in [0, 0.1) is 0 Å². The molecule has 0 fully saturated rings. The summed E-state index contributed by atoms with van der Waals surface area (Å²) in [5.41, 5.74) is 0.948. The lowest BCUT2D eigenvalue weighted by Gasteiger charge is -2.12. The number of benzene rings is 1. The molecule has 1 aromatic carbocycles. The van der Waals surface area contributed by atoms with Crippen molar-refractivity contribution in [2.75, 3.05) is 39.8 Å². The number of carbonyl (C=O) groups is 1. The van der Waals surface area contributed by atoms with E-state index in [1.165, 1.54) is 6.20 Å². The molecule has 2 N–H and O–H groups in total. The first kappa shape index (κ1) is 18.5. The lowest BCUT2D eigenvalue weighted by molar-refractivity contribution is 0.0943. The summed E-state index contributed by atoms with van der Waals surface area (Å²) in [6.45, 7) is 1.11. The highest BCUT2D eigenvalue weighted by atomic mass is 16.5. The number of aromatic nitrogens is 2. The Bertz CT molecular complexity index is 709. The van der Waals surface area contributed by atoms with Crippen molar-refractivity contribution in [3.05, 3.63) is 36.2 Å². The highest BCUT2D eigenvalue weighted by Gasteiger charge is 2.10. The van der Waals surface area contributed by atoms with Gasteiger partial charge in [0.15, 0.2) is 0 Å². The fourth-order valence-corrected chi connectivity index (χ4v) is 2.08. The fraction of sp³-hybridized carbons (Fsp3) is 0.353. The van der Waals surface area contributed by atoms with Crippen molar-refractivity contribution in [1.29, 1.82) is 0 Å². The monoisotopic (exact) mass is 346 g/mol. The third kappa shape index (κ3) is 5.32. The second kappa shape index (κ2) is 9.43. The van der Waals surface area contributed by atoms with Crippen molar-refractivity contribution in [1.82, 2.24) is 15.3 Å². The second-order valence-corrected chi connectivity index (χ2v) is 5.06. The van der Waals surface area contributed by atoms with Crippen LogP contribution in [-0.2, 0) is 4.74 Å². The normalized spacial score (nSPS) is 10.2. The Balaban J connectivity index is 2.07. The molecule has 0 aliphatic carbocycles. The quantitative estimate of drug-likeness (QED) is 0.671. The van der Waals surface area contributed by atoms with E-state index >= 15 is 0 Å². The average Bonchev–Trinajstić information content (AvgIpc) is 2.65. The second-order valence-electron chi connectivity index (χ2n) is 5.06. The minimum absolute atomic E-state index is 0.261. The summed E-state index contributed by atoms with van der Waals surface area (Å²) in [6.07, 6.45) is 2.26. The van der Waals surface area contributed by atoms with E-state index in [0.717, 1.165) is 6.42 Å². The van der Waals surface area contributed by atoms with Crippen LogP contribution in [0.5, 0.6) is 11.5 Å². The van der Waals surface area contributed by atoms with Gasteiger partial charge in [-0.2, -0.15) is 0 Å². The van der Waals surface area contributed by atoms with Gasteiger partial charge in [-0.15, -0.1) is 0 Å². The van der Waals surface area contributed by atoms with Crippen LogP contribution in [0.2, 0.25) is 0 Å². The van der Waals surface area contributed by atoms with Crippen LogP contribution in [0.4, 0.5) is 11.6 Å². The molecule has 8 nitrogen and oxygen atoms in total. The fourth-order valence-electron chi connectivity index (χ4n) is 2.08. The smallest absolute Gasteiger partial charge is 0.270 e. The summed E-state index contributed by atoms with van der Waals surface area (Å²) in [6, 6.07) is 6.88. The summed E-state index contributed by atoms with van der Waals surface area (Å²) in [5, 5.41) is 5.83. The number of nitrogens with one attached hydrogen (secondary N) is 2. The van der Waals surface area contributed by atoms with Crippen LogP contribution < -0.4 is 20.1 Å². The van der Waals surface area contributed by atoms with Gasteiger partial charge in [0.25, 0.3) is 5.91 Å². The van der Waals surface area contributed by atoms with E-state index in [9.17, 15) is 4.79 Å². The van der Waals surface area contributed by atoms with Crippen molar-refractivity contribution in [3.8, 4) is 11.5 Å². The molecule has 25 heavy (non-hydrogen) atoms. The van der Waals surface area contributed by atoms with Crippen molar-refractivity contribution in [2.24, 2.45) is 0 Å². The summed E-state index contributed by atoms with van der Waals surface area (Å²) in [5.74, 6) is 1.29. The molecule has 1 amide bonds. The number of hydrogen-bond acceptors (Lipinski definition) is 7. The van der Waals surface area contributed by atoms with Crippen molar-refractivity contribution < 1.29 is 19.0 Å². The topological polar surface area (TPSA) is 94.6 Å². The standard InChI is InChI=1S/C17H22N4O4/c1-23-10-4-8-18-16(22)14-7-9-19-17(21-14)20-13-6-5-12(24-2)11-15(13)25-3/h5-7,9,11H,4,8,10H2,1-3H3,(H,18,22)(H,19,20,21). The molecule has 0 saturated carbocycles. The molecule has 0 radical (unpaired) electrons. The highest BCUT2D eigenvalue weighted by molar-refractivity contribution is 5.92. The predicted octanol–water partition coefficient (Wildman–Crippen LogP) is 2.00. The van der Waals surface area contributed by atoms with E-state index in [4.69, 9.17) is 14.2 Å². The number of anilines is 2. The van der Waals surface area contributed by atoms with Gasteiger partial charge in [-0.3, -0.25) is 4.79 Å². The van der Waals surface area contributed by atoms with E-state index in [1.807, 2.05) is 0 Å². The van der Waals surface area contributed by atoms with Crippen molar-refractivity contribution in [2.45, 2.75) is 6.42 Å². The lowest BCUT2D eigenvalue weighted by Crippen LogP contribution is -2.26. The predicted molar refractivity (Wildman–Crippen MR) is 93.7 cm³/mol. The number of methoxy groups -OCH3 is 3. The first-order valence-electron chi connectivity index (χ1n) is 7.77. The van der Waals surface area contributed by atoms with Crippen LogP contribution in [-0.4, -0.2) is 50.4 Å². The zero-order chi connectivity index (χ0) is 18.1. The van der Waals surface area contributed by atoms with Gasteiger partial charge in [-0.25, -0.2) is 9.97 Å². The summed E-state index contributed by atoms with van der Waals surface area (Å²) in [7, 11) is 4.77. The van der Waals surface area contributed by atoms with E-state index in [2.05, 4.69) is 20.6 Å². The Morgan fingerprint density at radius 1 is 1.16 bits per heavy atom. The maximum absolute atomic E-state index is 12.1. The molecule has 0 spiro atoms. The molecular weight excluding hydrogens is 324 g/mol. The van der Waals surface area contributed by atoms with E-state index in [0.29, 0.717) is 36.3 Å². The number of ether oxygens (including phenoxy) is 3. The molecule has 134 valence electrons. The Labute approximate surface area is 146 Å². The molecule has 1 aromatic heterocycles. The van der Waals surface area contributed by atoms with E-state index in [-0.39, 0.29) is 11.6 Å². The maximum Gasteiger partial charge on any atom is 0.270 e. The van der Waals surface area contributed by atoms with Crippen LogP contribution in [0.25, 0.3) is 0 Å². The van der Waals surface area contributed by atoms with Gasteiger partial charge >= 0.3 is 0 Å². The molecule has 0 bridgehead atoms. The van der Waals surface area contributed by atoms with E-state index in [1.54, 1.807) is 45.6 Å². The number of hydrogen-bond donors (Lipinski definition) is 2.